The van der Waals surface area contributed by atoms with Gasteiger partial charge in [-0.15, -0.1) is 10.2 Å². The lowest BCUT2D eigenvalue weighted by atomic mass is 10.2. The molecule has 130 valence electrons. The third kappa shape index (κ3) is 3.78. The Morgan fingerprint density at radius 1 is 1.33 bits per heavy atom. The van der Waals surface area contributed by atoms with Crippen molar-refractivity contribution >= 4 is 17.4 Å². The first-order chi connectivity index (χ1) is 11.3. The molecular weight excluding hydrogens is 347 g/mol. The zero-order chi connectivity index (χ0) is 17.3. The third-order valence-corrected chi connectivity index (χ3v) is 4.24. The number of aromatic nitrogens is 3. The lowest BCUT2D eigenvalue weighted by molar-refractivity contribution is -0.915. The molecule has 2 aromatic heterocycles. The molecule has 0 unspecified atom stereocenters. The zero-order valence-electron chi connectivity index (χ0n) is 13.0. The van der Waals surface area contributed by atoms with Crippen LogP contribution in [0.1, 0.15) is 17.3 Å². The maximum atomic E-state index is 12.7. The molecule has 1 saturated heterocycles. The molecular formula is C14H17ClF3N5O+2. The average Bonchev–Trinajstić information content (AvgIpc) is 2.92. The summed E-state index contributed by atoms with van der Waals surface area (Å²) in [6, 6.07) is 0.952. The van der Waals surface area contributed by atoms with Gasteiger partial charge in [-0.2, -0.15) is 13.2 Å². The summed E-state index contributed by atoms with van der Waals surface area (Å²) in [5.41, 5.74) is -0.785. The first kappa shape index (κ1) is 17.0. The van der Waals surface area contributed by atoms with Crippen molar-refractivity contribution in [3.63, 3.8) is 0 Å². The van der Waals surface area contributed by atoms with Gasteiger partial charge >= 0.3 is 6.18 Å². The zero-order valence-corrected chi connectivity index (χ0v) is 13.7. The van der Waals surface area contributed by atoms with Gasteiger partial charge in [0.25, 0.3) is 11.7 Å². The van der Waals surface area contributed by atoms with Crippen molar-refractivity contribution < 1.29 is 27.5 Å². The van der Waals surface area contributed by atoms with Gasteiger partial charge in [-0.1, -0.05) is 11.6 Å². The first-order valence-corrected chi connectivity index (χ1v) is 7.86. The summed E-state index contributed by atoms with van der Waals surface area (Å²) in [5.74, 6) is 1.64. The van der Waals surface area contributed by atoms with E-state index in [0.717, 1.165) is 25.4 Å². The quantitative estimate of drug-likeness (QED) is 0.875. The van der Waals surface area contributed by atoms with E-state index in [1.54, 1.807) is 6.92 Å². The molecule has 0 radical (unpaired) electrons. The number of nitrogens with zero attached hydrogens (tertiary/aromatic N) is 3. The lowest BCUT2D eigenvalue weighted by Crippen LogP contribution is -3.13. The monoisotopic (exact) mass is 363 g/mol. The van der Waals surface area contributed by atoms with Gasteiger partial charge in [0.05, 0.1) is 5.56 Å². The molecule has 2 N–H and O–H groups in total. The molecule has 0 bridgehead atoms. The standard InChI is InChI=1S/C14H15ClF3N5O/c1-9-20-21-12(24-9)8-22-2-4-23(5-3-22)13-11(15)6-10(7-19-13)14(16,17)18/h6-7H,2-5,8H2,1H3/p+2. The van der Waals surface area contributed by atoms with E-state index < -0.39 is 11.7 Å². The largest absolute Gasteiger partial charge is 0.420 e. The first-order valence-electron chi connectivity index (χ1n) is 7.49. The Kier molecular flexibility index (Phi) is 4.64. The number of pyridine rings is 1. The van der Waals surface area contributed by atoms with Crippen LogP contribution in [0.15, 0.2) is 16.7 Å². The van der Waals surface area contributed by atoms with Crippen LogP contribution in [0.4, 0.5) is 19.0 Å². The fourth-order valence-corrected chi connectivity index (χ4v) is 3.01. The number of rotatable bonds is 3. The highest BCUT2D eigenvalue weighted by Gasteiger charge is 2.35. The van der Waals surface area contributed by atoms with Gasteiger partial charge in [-0.25, -0.2) is 9.88 Å². The van der Waals surface area contributed by atoms with Gasteiger partial charge in [0.1, 0.15) is 37.4 Å². The number of halogens is 4. The molecule has 1 aliphatic heterocycles. The van der Waals surface area contributed by atoms with Gasteiger partial charge < -0.3 is 9.32 Å². The van der Waals surface area contributed by atoms with E-state index in [1.807, 2.05) is 4.90 Å². The van der Waals surface area contributed by atoms with Crippen LogP contribution in [0.25, 0.3) is 0 Å². The van der Waals surface area contributed by atoms with Gasteiger partial charge in [0, 0.05) is 6.92 Å². The van der Waals surface area contributed by atoms with Crippen LogP contribution >= 0.6 is 11.6 Å². The van der Waals surface area contributed by atoms with Crippen molar-refractivity contribution in [1.82, 2.24) is 10.2 Å². The molecule has 1 fully saturated rings. The summed E-state index contributed by atoms with van der Waals surface area (Å²) >= 11 is 6.02. The van der Waals surface area contributed by atoms with E-state index in [9.17, 15) is 13.2 Å². The van der Waals surface area contributed by atoms with Crippen LogP contribution < -0.4 is 14.8 Å². The normalized spacial score (nSPS) is 16.6. The van der Waals surface area contributed by atoms with E-state index in [1.165, 1.54) is 4.90 Å². The predicted molar refractivity (Wildman–Crippen MR) is 78.7 cm³/mol. The Morgan fingerprint density at radius 3 is 2.58 bits per heavy atom. The SMILES string of the molecule is Cc1nnc(C[NH+]2CCN(c3[nH+]cc(C(F)(F)F)cc3Cl)CC2)o1. The summed E-state index contributed by atoms with van der Waals surface area (Å²) < 4.78 is 43.4. The topological polar surface area (TPSA) is 60.7 Å². The Bertz CT molecular complexity index is 713. The fraction of sp³-hybridized carbons (Fsp3) is 0.500. The highest BCUT2D eigenvalue weighted by Crippen LogP contribution is 2.31. The summed E-state index contributed by atoms with van der Waals surface area (Å²) in [7, 11) is 0. The van der Waals surface area contributed by atoms with Gasteiger partial charge in [-0.05, 0) is 6.07 Å². The van der Waals surface area contributed by atoms with E-state index in [-0.39, 0.29) is 5.02 Å². The molecule has 0 spiro atoms. The van der Waals surface area contributed by atoms with Crippen LogP contribution in [0, 0.1) is 6.92 Å². The van der Waals surface area contributed by atoms with E-state index in [0.29, 0.717) is 37.2 Å². The minimum atomic E-state index is -4.41. The van der Waals surface area contributed by atoms with Crippen LogP contribution in [-0.2, 0) is 12.7 Å². The Morgan fingerprint density at radius 2 is 2.04 bits per heavy atom. The molecule has 0 amide bonds. The van der Waals surface area contributed by atoms with E-state index in [4.69, 9.17) is 16.0 Å². The van der Waals surface area contributed by atoms with Gasteiger partial charge in [0.2, 0.25) is 5.89 Å². The number of piperazine rings is 1. The fourth-order valence-electron chi connectivity index (χ4n) is 2.71. The summed E-state index contributed by atoms with van der Waals surface area (Å²) in [6.45, 7) is 5.32. The minimum absolute atomic E-state index is 0.0702. The second-order valence-electron chi connectivity index (χ2n) is 5.71. The van der Waals surface area contributed by atoms with Crippen LogP contribution in [-0.4, -0.2) is 36.4 Å². The summed E-state index contributed by atoms with van der Waals surface area (Å²) in [5, 5.41) is 7.85. The number of anilines is 1. The Hall–Kier alpha value is -1.87. The summed E-state index contributed by atoms with van der Waals surface area (Å²) in [6.07, 6.45) is -3.47. The molecule has 3 heterocycles. The second-order valence-corrected chi connectivity index (χ2v) is 6.12. The number of nitrogens with one attached hydrogen (secondary N) is 2. The smallest absolute Gasteiger partial charge is 0.419 e. The van der Waals surface area contributed by atoms with Crippen LogP contribution in [0.2, 0.25) is 5.02 Å². The lowest BCUT2D eigenvalue weighted by Gasteiger charge is -2.27. The van der Waals surface area contributed by atoms with Crippen molar-refractivity contribution in [2.24, 2.45) is 0 Å². The maximum Gasteiger partial charge on any atom is 0.419 e. The number of hydrogen-bond donors (Lipinski definition) is 1. The number of aromatic amines is 1. The van der Waals surface area contributed by atoms with E-state index >= 15 is 0 Å². The maximum absolute atomic E-state index is 12.7. The van der Waals surface area contributed by atoms with Crippen molar-refractivity contribution in [3.8, 4) is 0 Å². The van der Waals surface area contributed by atoms with Crippen LogP contribution in [0.5, 0.6) is 0 Å². The van der Waals surface area contributed by atoms with E-state index in [2.05, 4.69) is 15.2 Å². The van der Waals surface area contributed by atoms with Crippen molar-refractivity contribution in [2.45, 2.75) is 19.6 Å². The molecule has 0 aromatic carbocycles. The number of aryl methyl sites for hydroxylation is 1. The van der Waals surface area contributed by atoms with Crippen LogP contribution in [0.3, 0.4) is 0 Å². The van der Waals surface area contributed by atoms with Crippen molar-refractivity contribution in [3.05, 3.63) is 34.6 Å². The van der Waals surface area contributed by atoms with Crippen molar-refractivity contribution in [2.75, 3.05) is 31.1 Å². The highest BCUT2D eigenvalue weighted by molar-refractivity contribution is 6.32. The number of quaternary nitrogens is 1. The molecule has 6 nitrogen and oxygen atoms in total. The second kappa shape index (κ2) is 6.56. The van der Waals surface area contributed by atoms with Gasteiger partial charge in [-0.3, -0.25) is 0 Å². The number of H-pyrrole nitrogens is 1. The highest BCUT2D eigenvalue weighted by atomic mass is 35.5. The molecule has 3 rings (SSSR count). The minimum Gasteiger partial charge on any atom is -0.420 e. The Balaban J connectivity index is 1.62. The molecule has 2 aromatic rings. The molecule has 1 aliphatic rings. The predicted octanol–water partition coefficient (Wildman–Crippen LogP) is 0.769. The van der Waals surface area contributed by atoms with Gasteiger partial charge in [0.15, 0.2) is 6.54 Å². The molecule has 0 aliphatic carbocycles. The molecule has 24 heavy (non-hydrogen) atoms. The summed E-state index contributed by atoms with van der Waals surface area (Å²) in [4.78, 5) is 5.90. The average molecular weight is 364 g/mol. The molecule has 10 heteroatoms. The number of hydrogen-bond acceptors (Lipinski definition) is 4. The molecule has 0 atom stereocenters. The molecule has 0 saturated carbocycles. The van der Waals surface area contributed by atoms with Crippen molar-refractivity contribution in [1.29, 1.82) is 0 Å². The Labute approximate surface area is 141 Å². The number of alkyl halides is 3. The third-order valence-electron chi connectivity index (χ3n) is 3.96.